The van der Waals surface area contributed by atoms with E-state index in [1.807, 2.05) is 19.1 Å². The molecule has 1 aromatic rings. The van der Waals surface area contributed by atoms with Gasteiger partial charge >= 0.3 is 0 Å². The number of piperazine rings is 1. The predicted octanol–water partition coefficient (Wildman–Crippen LogP) is 1.94. The van der Waals surface area contributed by atoms with E-state index in [1.165, 1.54) is 0 Å². The molecule has 3 N–H and O–H groups in total. The van der Waals surface area contributed by atoms with Crippen LogP contribution >= 0.6 is 0 Å². The maximum Gasteiger partial charge on any atom is 0.122 e. The van der Waals surface area contributed by atoms with Gasteiger partial charge in [-0.15, -0.1) is 0 Å². The van der Waals surface area contributed by atoms with Crippen molar-refractivity contribution in [2.45, 2.75) is 32.9 Å². The molecule has 1 saturated heterocycles. The highest BCUT2D eigenvalue weighted by atomic mass is 16.3. The number of phenolic OH excluding ortho intramolecular Hbond substituents is 1. The molecule has 0 aliphatic carbocycles. The van der Waals surface area contributed by atoms with E-state index in [0.29, 0.717) is 11.8 Å². The molecule has 1 heterocycles. The Morgan fingerprint density at radius 3 is 2.68 bits per heavy atom. The second kappa shape index (κ2) is 5.80. The molecule has 0 saturated carbocycles. The third-order valence-electron chi connectivity index (χ3n) is 4.04. The zero-order valence-electron chi connectivity index (χ0n) is 12.1. The minimum absolute atomic E-state index is 0.134. The predicted molar refractivity (Wildman–Crippen MR) is 79.6 cm³/mol. The first-order valence-electron chi connectivity index (χ1n) is 7.10. The van der Waals surface area contributed by atoms with E-state index in [1.54, 1.807) is 0 Å². The Kier molecular flexibility index (Phi) is 4.32. The fourth-order valence-electron chi connectivity index (χ4n) is 2.81. The number of likely N-dealkylation sites (N-methyl/N-ethyl adjacent to an activating group) is 1. The number of anilines is 1. The van der Waals surface area contributed by atoms with Crippen LogP contribution in [0.4, 0.5) is 5.69 Å². The molecule has 1 aromatic carbocycles. The lowest BCUT2D eigenvalue weighted by Crippen LogP contribution is -2.51. The van der Waals surface area contributed by atoms with Crippen LogP contribution in [-0.4, -0.2) is 42.2 Å². The summed E-state index contributed by atoms with van der Waals surface area (Å²) >= 11 is 0. The van der Waals surface area contributed by atoms with E-state index in [-0.39, 0.29) is 6.04 Å². The van der Waals surface area contributed by atoms with Crippen LogP contribution in [0.5, 0.6) is 5.75 Å². The standard InChI is InChI=1S/C15H25N3O/c1-4-17-7-8-18(10-11(17)2)13-5-6-14(12(3)16)15(19)9-13/h5-6,9,11-12,19H,4,7-8,10,16H2,1-3H3. The van der Waals surface area contributed by atoms with Gasteiger partial charge in [-0.05, 0) is 26.5 Å². The van der Waals surface area contributed by atoms with Gasteiger partial charge in [-0.25, -0.2) is 0 Å². The fraction of sp³-hybridized carbons (Fsp3) is 0.600. The number of nitrogens with two attached hydrogens (primary N) is 1. The first kappa shape index (κ1) is 14.2. The number of nitrogens with zero attached hydrogens (tertiary/aromatic N) is 2. The lowest BCUT2D eigenvalue weighted by atomic mass is 10.1. The summed E-state index contributed by atoms with van der Waals surface area (Å²) in [5, 5.41) is 10.0. The van der Waals surface area contributed by atoms with Crippen molar-refractivity contribution in [1.29, 1.82) is 0 Å². The SMILES string of the molecule is CCN1CCN(c2ccc(C(C)N)c(O)c2)CC1C. The van der Waals surface area contributed by atoms with Crippen LogP contribution in [0, 0.1) is 0 Å². The maximum absolute atomic E-state index is 10.0. The molecule has 4 nitrogen and oxygen atoms in total. The van der Waals surface area contributed by atoms with E-state index in [2.05, 4.69) is 29.7 Å². The quantitative estimate of drug-likeness (QED) is 0.875. The maximum atomic E-state index is 10.0. The normalized spacial score (nSPS) is 22.5. The second-order valence-electron chi connectivity index (χ2n) is 5.46. The summed E-state index contributed by atoms with van der Waals surface area (Å²) in [6.45, 7) is 10.5. The third-order valence-corrected chi connectivity index (χ3v) is 4.04. The van der Waals surface area contributed by atoms with Gasteiger partial charge in [-0.2, -0.15) is 0 Å². The van der Waals surface area contributed by atoms with Gasteiger partial charge in [0, 0.05) is 49.0 Å². The van der Waals surface area contributed by atoms with Crippen LogP contribution in [0.25, 0.3) is 0 Å². The van der Waals surface area contributed by atoms with Crippen molar-refractivity contribution < 1.29 is 5.11 Å². The minimum Gasteiger partial charge on any atom is -0.508 e. The average Bonchev–Trinajstić information content (AvgIpc) is 2.38. The average molecular weight is 263 g/mol. The molecule has 1 aliphatic rings. The third kappa shape index (κ3) is 3.01. The summed E-state index contributed by atoms with van der Waals surface area (Å²) in [6.07, 6.45) is 0. The van der Waals surface area contributed by atoms with E-state index in [4.69, 9.17) is 5.73 Å². The molecule has 1 fully saturated rings. The largest absolute Gasteiger partial charge is 0.508 e. The highest BCUT2D eigenvalue weighted by Gasteiger charge is 2.23. The van der Waals surface area contributed by atoms with Gasteiger partial charge in [0.15, 0.2) is 0 Å². The van der Waals surface area contributed by atoms with Crippen LogP contribution in [0.3, 0.4) is 0 Å². The van der Waals surface area contributed by atoms with Crippen LogP contribution in [0.15, 0.2) is 18.2 Å². The van der Waals surface area contributed by atoms with Gasteiger partial charge in [0.25, 0.3) is 0 Å². The molecule has 19 heavy (non-hydrogen) atoms. The number of rotatable bonds is 3. The van der Waals surface area contributed by atoms with Crippen molar-refractivity contribution in [2.75, 3.05) is 31.1 Å². The molecule has 1 aliphatic heterocycles. The van der Waals surface area contributed by atoms with Crippen molar-refractivity contribution in [3.63, 3.8) is 0 Å². The summed E-state index contributed by atoms with van der Waals surface area (Å²) in [5.41, 5.74) is 7.72. The van der Waals surface area contributed by atoms with E-state index < -0.39 is 0 Å². The molecule has 4 heteroatoms. The molecular weight excluding hydrogens is 238 g/mol. The van der Waals surface area contributed by atoms with Gasteiger partial charge in [0.1, 0.15) is 5.75 Å². The Balaban J connectivity index is 2.13. The molecular formula is C15H25N3O. The van der Waals surface area contributed by atoms with Gasteiger partial charge in [0.2, 0.25) is 0 Å². The first-order valence-corrected chi connectivity index (χ1v) is 7.10. The molecule has 0 bridgehead atoms. The summed E-state index contributed by atoms with van der Waals surface area (Å²) in [7, 11) is 0. The summed E-state index contributed by atoms with van der Waals surface area (Å²) in [4.78, 5) is 4.81. The van der Waals surface area contributed by atoms with Gasteiger partial charge in [-0.3, -0.25) is 4.90 Å². The molecule has 0 amide bonds. The minimum atomic E-state index is -0.134. The van der Waals surface area contributed by atoms with Crippen molar-refractivity contribution in [2.24, 2.45) is 5.73 Å². The van der Waals surface area contributed by atoms with Crippen molar-refractivity contribution in [1.82, 2.24) is 4.90 Å². The smallest absolute Gasteiger partial charge is 0.122 e. The van der Waals surface area contributed by atoms with Gasteiger partial charge in [0.05, 0.1) is 0 Å². The molecule has 0 spiro atoms. The van der Waals surface area contributed by atoms with Crippen LogP contribution in [-0.2, 0) is 0 Å². The summed E-state index contributed by atoms with van der Waals surface area (Å²) in [5.74, 6) is 0.304. The van der Waals surface area contributed by atoms with Crippen molar-refractivity contribution in [3.05, 3.63) is 23.8 Å². The van der Waals surface area contributed by atoms with E-state index >= 15 is 0 Å². The Labute approximate surface area is 115 Å². The first-order chi connectivity index (χ1) is 9.02. The molecule has 0 aromatic heterocycles. The van der Waals surface area contributed by atoms with Crippen LogP contribution in [0.1, 0.15) is 32.4 Å². The molecule has 2 rings (SSSR count). The Morgan fingerprint density at radius 1 is 1.42 bits per heavy atom. The van der Waals surface area contributed by atoms with Gasteiger partial charge < -0.3 is 15.7 Å². The second-order valence-corrected chi connectivity index (χ2v) is 5.46. The van der Waals surface area contributed by atoms with E-state index in [0.717, 1.165) is 37.4 Å². The summed E-state index contributed by atoms with van der Waals surface area (Å²) in [6, 6.07) is 6.25. The van der Waals surface area contributed by atoms with Crippen molar-refractivity contribution in [3.8, 4) is 5.75 Å². The number of aromatic hydroxyl groups is 1. The Morgan fingerprint density at radius 2 is 2.16 bits per heavy atom. The molecule has 0 radical (unpaired) electrons. The topological polar surface area (TPSA) is 52.7 Å². The lowest BCUT2D eigenvalue weighted by molar-refractivity contribution is 0.199. The van der Waals surface area contributed by atoms with Gasteiger partial charge in [-0.1, -0.05) is 13.0 Å². The molecule has 106 valence electrons. The molecule has 2 atom stereocenters. The zero-order valence-corrected chi connectivity index (χ0v) is 12.1. The number of phenols is 1. The zero-order chi connectivity index (χ0) is 14.0. The number of benzene rings is 1. The fourth-order valence-corrected chi connectivity index (χ4v) is 2.81. The van der Waals surface area contributed by atoms with E-state index in [9.17, 15) is 5.11 Å². The molecule has 2 unspecified atom stereocenters. The van der Waals surface area contributed by atoms with Crippen molar-refractivity contribution >= 4 is 5.69 Å². The van der Waals surface area contributed by atoms with Crippen LogP contribution < -0.4 is 10.6 Å². The highest BCUT2D eigenvalue weighted by molar-refractivity contribution is 5.54. The highest BCUT2D eigenvalue weighted by Crippen LogP contribution is 2.29. The number of hydrogen-bond acceptors (Lipinski definition) is 4. The van der Waals surface area contributed by atoms with Crippen LogP contribution in [0.2, 0.25) is 0 Å². The monoisotopic (exact) mass is 263 g/mol. The Bertz CT molecular complexity index is 433. The Hall–Kier alpha value is -1.26. The summed E-state index contributed by atoms with van der Waals surface area (Å²) < 4.78 is 0. The number of hydrogen-bond donors (Lipinski definition) is 2. The lowest BCUT2D eigenvalue weighted by Gasteiger charge is -2.40.